The second-order valence-electron chi connectivity index (χ2n) is 5.20. The van der Waals surface area contributed by atoms with Crippen molar-refractivity contribution >= 4 is 13.2 Å². The SMILES string of the molecule is CC/C(=C\c1ccc(O)c(F)c1)CC[C@@H]1C=CCB(O)O1. The Morgan fingerprint density at radius 3 is 3.00 bits per heavy atom. The molecule has 1 atom stereocenters. The van der Waals surface area contributed by atoms with Crippen molar-refractivity contribution in [1.82, 2.24) is 0 Å². The van der Waals surface area contributed by atoms with Crippen LogP contribution in [0.5, 0.6) is 5.75 Å². The normalized spacial score (nSPS) is 19.1. The molecule has 1 aliphatic rings. The lowest BCUT2D eigenvalue weighted by atomic mass is 9.82. The molecule has 0 saturated heterocycles. The van der Waals surface area contributed by atoms with Crippen molar-refractivity contribution in [2.24, 2.45) is 0 Å². The quantitative estimate of drug-likeness (QED) is 0.644. The van der Waals surface area contributed by atoms with Crippen LogP contribution in [0.3, 0.4) is 0 Å². The molecule has 21 heavy (non-hydrogen) atoms. The first-order valence-electron chi connectivity index (χ1n) is 7.26. The number of halogens is 1. The van der Waals surface area contributed by atoms with Crippen molar-refractivity contribution in [2.45, 2.75) is 38.6 Å². The number of hydrogen-bond donors (Lipinski definition) is 2. The van der Waals surface area contributed by atoms with Crippen molar-refractivity contribution in [3.8, 4) is 5.75 Å². The summed E-state index contributed by atoms with van der Waals surface area (Å²) in [5.41, 5.74) is 1.92. The zero-order valence-corrected chi connectivity index (χ0v) is 12.1. The largest absolute Gasteiger partial charge is 0.505 e. The first kappa shape index (κ1) is 15.8. The number of phenolic OH excluding ortho intramolecular Hbond substituents is 1. The van der Waals surface area contributed by atoms with Crippen LogP contribution >= 0.6 is 0 Å². The van der Waals surface area contributed by atoms with E-state index in [0.29, 0.717) is 6.32 Å². The van der Waals surface area contributed by atoms with Crippen molar-refractivity contribution in [1.29, 1.82) is 0 Å². The average Bonchev–Trinajstić information content (AvgIpc) is 2.47. The van der Waals surface area contributed by atoms with Gasteiger partial charge in [-0.3, -0.25) is 0 Å². The lowest BCUT2D eigenvalue weighted by Gasteiger charge is -2.20. The standard InChI is InChI=1S/C16H20BFO3/c1-2-12(5-7-14-4-3-9-17(20)21-14)10-13-6-8-16(19)15(18)11-13/h3-4,6,8,10-11,14,19-20H,2,5,7,9H2,1H3/b12-10+/t14-/m0/s1. The van der Waals surface area contributed by atoms with Crippen LogP contribution in [0.15, 0.2) is 35.9 Å². The maximum Gasteiger partial charge on any atom is 0.458 e. The molecule has 112 valence electrons. The third-order valence-electron chi connectivity index (χ3n) is 3.57. The Bertz CT molecular complexity index is 542. The molecule has 0 saturated carbocycles. The lowest BCUT2D eigenvalue weighted by Crippen LogP contribution is -2.27. The maximum atomic E-state index is 13.3. The van der Waals surface area contributed by atoms with Gasteiger partial charge >= 0.3 is 7.12 Å². The first-order valence-corrected chi connectivity index (χ1v) is 7.26. The van der Waals surface area contributed by atoms with Crippen LogP contribution in [-0.4, -0.2) is 23.4 Å². The second-order valence-corrected chi connectivity index (χ2v) is 5.20. The second kappa shape index (κ2) is 7.43. The van der Waals surface area contributed by atoms with E-state index in [1.165, 1.54) is 17.7 Å². The molecule has 2 rings (SSSR count). The van der Waals surface area contributed by atoms with Crippen LogP contribution in [0.25, 0.3) is 6.08 Å². The van der Waals surface area contributed by atoms with Gasteiger partial charge in [-0.05, 0) is 37.0 Å². The molecule has 2 N–H and O–H groups in total. The summed E-state index contributed by atoms with van der Waals surface area (Å²) in [6.45, 7) is 2.05. The van der Waals surface area contributed by atoms with E-state index in [4.69, 9.17) is 4.65 Å². The summed E-state index contributed by atoms with van der Waals surface area (Å²) in [6, 6.07) is 4.37. The molecule has 0 aromatic heterocycles. The maximum absolute atomic E-state index is 13.3. The summed E-state index contributed by atoms with van der Waals surface area (Å²) in [7, 11) is -0.708. The fourth-order valence-electron chi connectivity index (χ4n) is 2.34. The molecule has 0 unspecified atom stereocenters. The Hall–Kier alpha value is -1.59. The smallest absolute Gasteiger partial charge is 0.458 e. The minimum atomic E-state index is -0.708. The predicted molar refractivity (Wildman–Crippen MR) is 82.4 cm³/mol. The monoisotopic (exact) mass is 290 g/mol. The Morgan fingerprint density at radius 1 is 1.52 bits per heavy atom. The number of rotatable bonds is 5. The van der Waals surface area contributed by atoms with E-state index in [2.05, 4.69) is 6.92 Å². The molecule has 0 fully saturated rings. The summed E-state index contributed by atoms with van der Waals surface area (Å²) in [4.78, 5) is 0. The molecule has 0 bridgehead atoms. The highest BCUT2D eigenvalue weighted by Crippen LogP contribution is 2.22. The van der Waals surface area contributed by atoms with Gasteiger partial charge in [-0.1, -0.05) is 36.8 Å². The van der Waals surface area contributed by atoms with Crippen LogP contribution in [0.1, 0.15) is 31.7 Å². The van der Waals surface area contributed by atoms with Gasteiger partial charge in [0, 0.05) is 6.32 Å². The highest BCUT2D eigenvalue weighted by atomic mass is 19.1. The van der Waals surface area contributed by atoms with Gasteiger partial charge < -0.3 is 14.8 Å². The molecule has 1 aromatic carbocycles. The van der Waals surface area contributed by atoms with Crippen LogP contribution in [0, 0.1) is 5.82 Å². The highest BCUT2D eigenvalue weighted by Gasteiger charge is 2.20. The fourth-order valence-corrected chi connectivity index (χ4v) is 2.34. The van der Waals surface area contributed by atoms with Crippen molar-refractivity contribution in [3.05, 3.63) is 47.3 Å². The number of phenols is 1. The Kier molecular flexibility index (Phi) is 5.59. The molecule has 0 aliphatic carbocycles. The van der Waals surface area contributed by atoms with E-state index in [1.54, 1.807) is 6.07 Å². The van der Waals surface area contributed by atoms with Crippen LogP contribution in [0.4, 0.5) is 4.39 Å². The van der Waals surface area contributed by atoms with Gasteiger partial charge in [-0.15, -0.1) is 0 Å². The van der Waals surface area contributed by atoms with Gasteiger partial charge in [0.1, 0.15) is 0 Å². The summed E-state index contributed by atoms with van der Waals surface area (Å²) in [5.74, 6) is -0.944. The van der Waals surface area contributed by atoms with Crippen LogP contribution in [-0.2, 0) is 4.65 Å². The third kappa shape index (κ3) is 4.72. The molecule has 1 aliphatic heterocycles. The summed E-state index contributed by atoms with van der Waals surface area (Å²) < 4.78 is 18.7. The van der Waals surface area contributed by atoms with Crippen molar-refractivity contribution in [3.63, 3.8) is 0 Å². The molecule has 3 nitrogen and oxygen atoms in total. The topological polar surface area (TPSA) is 49.7 Å². The Balaban J connectivity index is 1.98. The first-order chi connectivity index (χ1) is 10.1. The molecule has 0 radical (unpaired) electrons. The number of benzene rings is 1. The minimum Gasteiger partial charge on any atom is -0.505 e. The van der Waals surface area contributed by atoms with Gasteiger partial charge in [0.05, 0.1) is 6.10 Å². The van der Waals surface area contributed by atoms with E-state index < -0.39 is 12.9 Å². The fraction of sp³-hybridized carbons (Fsp3) is 0.375. The van der Waals surface area contributed by atoms with Crippen LogP contribution < -0.4 is 0 Å². The molecule has 0 amide bonds. The van der Waals surface area contributed by atoms with E-state index in [1.807, 2.05) is 18.2 Å². The van der Waals surface area contributed by atoms with Gasteiger partial charge in [-0.2, -0.15) is 0 Å². The number of hydrogen-bond acceptors (Lipinski definition) is 3. The van der Waals surface area contributed by atoms with Gasteiger partial charge in [-0.25, -0.2) is 4.39 Å². The predicted octanol–water partition coefficient (Wildman–Crippen LogP) is 3.54. The zero-order valence-electron chi connectivity index (χ0n) is 12.1. The average molecular weight is 290 g/mol. The van der Waals surface area contributed by atoms with E-state index in [9.17, 15) is 14.5 Å². The molecule has 0 spiro atoms. The minimum absolute atomic E-state index is 0.0692. The van der Waals surface area contributed by atoms with E-state index in [0.717, 1.165) is 24.8 Å². The van der Waals surface area contributed by atoms with Crippen LogP contribution in [0.2, 0.25) is 6.32 Å². The molecular formula is C16H20BFO3. The Morgan fingerprint density at radius 2 is 2.33 bits per heavy atom. The third-order valence-corrected chi connectivity index (χ3v) is 3.57. The van der Waals surface area contributed by atoms with E-state index >= 15 is 0 Å². The highest BCUT2D eigenvalue weighted by molar-refractivity contribution is 6.43. The van der Waals surface area contributed by atoms with Gasteiger partial charge in [0.25, 0.3) is 0 Å². The lowest BCUT2D eigenvalue weighted by molar-refractivity contribution is 0.192. The van der Waals surface area contributed by atoms with Gasteiger partial charge in [0.2, 0.25) is 0 Å². The molecule has 1 aromatic rings. The number of allylic oxidation sites excluding steroid dienone is 2. The van der Waals surface area contributed by atoms with E-state index in [-0.39, 0.29) is 11.9 Å². The molecule has 1 heterocycles. The number of aromatic hydroxyl groups is 1. The molecular weight excluding hydrogens is 270 g/mol. The zero-order chi connectivity index (χ0) is 15.2. The summed E-state index contributed by atoms with van der Waals surface area (Å²) in [6.07, 6.45) is 8.78. The van der Waals surface area contributed by atoms with Gasteiger partial charge in [0.15, 0.2) is 11.6 Å². The summed E-state index contributed by atoms with van der Waals surface area (Å²) >= 11 is 0. The van der Waals surface area contributed by atoms with Crippen molar-refractivity contribution < 1.29 is 19.2 Å². The summed E-state index contributed by atoms with van der Waals surface area (Å²) in [5, 5.41) is 18.6. The van der Waals surface area contributed by atoms with Crippen molar-refractivity contribution in [2.75, 3.05) is 0 Å². The molecule has 5 heteroatoms. The Labute approximate surface area is 124 Å².